The van der Waals surface area contributed by atoms with E-state index in [4.69, 9.17) is 0 Å². The molecule has 2 aromatic rings. The van der Waals surface area contributed by atoms with Crippen molar-refractivity contribution in [3.05, 3.63) is 42.2 Å². The Morgan fingerprint density at radius 1 is 1.07 bits per heavy atom. The van der Waals surface area contributed by atoms with E-state index in [1.165, 1.54) is 6.07 Å². The highest BCUT2D eigenvalue weighted by atomic mass is 32.2. The maximum Gasteiger partial charge on any atom is 0.211 e. The minimum absolute atomic E-state index is 0.0473. The van der Waals surface area contributed by atoms with Gasteiger partial charge < -0.3 is 5.32 Å². The second-order valence-corrected chi connectivity index (χ2v) is 8.95. The van der Waals surface area contributed by atoms with Crippen LogP contribution in [0.1, 0.15) is 32.6 Å². The summed E-state index contributed by atoms with van der Waals surface area (Å²) in [6.45, 7) is 2.41. The lowest BCUT2D eigenvalue weighted by molar-refractivity contribution is 0.324. The third-order valence-electron chi connectivity index (χ3n) is 4.96. The van der Waals surface area contributed by atoms with Gasteiger partial charge in [0, 0.05) is 18.2 Å². The molecule has 1 saturated carbocycles. The van der Waals surface area contributed by atoms with Gasteiger partial charge in [0.2, 0.25) is 10.0 Å². The number of aromatic nitrogens is 2. The fourth-order valence-corrected chi connectivity index (χ4v) is 4.22. The number of rotatable bonds is 7. The number of hydrogen-bond donors (Lipinski definition) is 2. The summed E-state index contributed by atoms with van der Waals surface area (Å²) in [4.78, 5) is 0. The molecule has 0 unspecified atom stereocenters. The molecule has 0 bridgehead atoms. The topological polar surface area (TPSA) is 84.0 Å². The summed E-state index contributed by atoms with van der Waals surface area (Å²) in [5.41, 5.74) is 0.937. The molecule has 2 N–H and O–H groups in total. The molecular formula is C19H25FN4O2S. The quantitative estimate of drug-likeness (QED) is 0.756. The van der Waals surface area contributed by atoms with Gasteiger partial charge in [-0.3, -0.25) is 0 Å². The average molecular weight is 393 g/mol. The summed E-state index contributed by atoms with van der Waals surface area (Å²) in [6.07, 6.45) is 3.63. The van der Waals surface area contributed by atoms with Gasteiger partial charge in [0.05, 0.1) is 11.4 Å². The molecule has 1 aromatic carbocycles. The van der Waals surface area contributed by atoms with Crippen molar-refractivity contribution in [1.82, 2.24) is 14.9 Å². The van der Waals surface area contributed by atoms with Crippen molar-refractivity contribution in [2.24, 2.45) is 5.92 Å². The molecule has 1 fully saturated rings. The van der Waals surface area contributed by atoms with E-state index >= 15 is 0 Å². The normalized spacial score (nSPS) is 20.4. The van der Waals surface area contributed by atoms with Crippen LogP contribution in [-0.4, -0.2) is 37.0 Å². The van der Waals surface area contributed by atoms with Crippen LogP contribution in [-0.2, 0) is 10.0 Å². The van der Waals surface area contributed by atoms with Crippen molar-refractivity contribution in [3.8, 4) is 11.3 Å². The summed E-state index contributed by atoms with van der Waals surface area (Å²) in [5.74, 6) is 0.933. The van der Waals surface area contributed by atoms with Crippen molar-refractivity contribution in [3.63, 3.8) is 0 Å². The summed E-state index contributed by atoms with van der Waals surface area (Å²) in [7, 11) is -3.13. The van der Waals surface area contributed by atoms with Crippen LogP contribution in [0.5, 0.6) is 0 Å². The molecule has 1 aromatic heterocycles. The second-order valence-electron chi connectivity index (χ2n) is 6.90. The summed E-state index contributed by atoms with van der Waals surface area (Å²) >= 11 is 0. The zero-order valence-corrected chi connectivity index (χ0v) is 16.2. The highest BCUT2D eigenvalue weighted by Crippen LogP contribution is 2.25. The van der Waals surface area contributed by atoms with Gasteiger partial charge in [-0.15, -0.1) is 10.2 Å². The van der Waals surface area contributed by atoms with Gasteiger partial charge in [-0.05, 0) is 62.8 Å². The lowest BCUT2D eigenvalue weighted by Crippen LogP contribution is -2.39. The minimum atomic E-state index is -3.13. The van der Waals surface area contributed by atoms with Crippen molar-refractivity contribution >= 4 is 15.8 Å². The molecular weight excluding hydrogens is 367 g/mol. The molecule has 0 spiro atoms. The summed E-state index contributed by atoms with van der Waals surface area (Å²) < 4.78 is 39.9. The van der Waals surface area contributed by atoms with E-state index in [-0.39, 0.29) is 17.6 Å². The van der Waals surface area contributed by atoms with Gasteiger partial charge in [-0.1, -0.05) is 12.1 Å². The Labute approximate surface area is 159 Å². The molecule has 146 valence electrons. The Balaban J connectivity index is 1.48. The fraction of sp³-hybridized carbons (Fsp3) is 0.474. The Kier molecular flexibility index (Phi) is 6.38. The molecule has 6 nitrogen and oxygen atoms in total. The predicted molar refractivity (Wildman–Crippen MR) is 104 cm³/mol. The molecule has 3 rings (SSSR count). The molecule has 0 radical (unpaired) electrons. The molecule has 1 heterocycles. The first-order chi connectivity index (χ1) is 13.0. The van der Waals surface area contributed by atoms with Gasteiger partial charge in [-0.2, -0.15) is 0 Å². The van der Waals surface area contributed by atoms with Crippen LogP contribution in [0, 0.1) is 11.7 Å². The van der Waals surface area contributed by atoms with Gasteiger partial charge in [0.15, 0.2) is 0 Å². The standard InChI is InChI=1S/C19H25FN4O2S/c1-2-27(25,26)24-15-9-7-14(8-10-15)13-21-19-12-11-18(22-23-19)16-5-3-4-6-17(16)20/h3-6,11-12,14-15,24H,2,7-10,13H2,1H3,(H,21,23)/t14-,15-. The maximum atomic E-state index is 13.8. The van der Waals surface area contributed by atoms with E-state index in [9.17, 15) is 12.8 Å². The molecule has 0 aliphatic heterocycles. The third kappa shape index (κ3) is 5.46. The largest absolute Gasteiger partial charge is 0.368 e. The lowest BCUT2D eigenvalue weighted by atomic mass is 9.86. The number of halogens is 1. The molecule has 0 atom stereocenters. The molecule has 27 heavy (non-hydrogen) atoms. The fourth-order valence-electron chi connectivity index (χ4n) is 3.31. The summed E-state index contributed by atoms with van der Waals surface area (Å²) in [5, 5.41) is 11.5. The monoisotopic (exact) mass is 392 g/mol. The molecule has 1 aliphatic rings. The molecule has 8 heteroatoms. The molecule has 1 aliphatic carbocycles. The second kappa shape index (κ2) is 8.75. The van der Waals surface area contributed by atoms with Gasteiger partial charge in [-0.25, -0.2) is 17.5 Å². The Morgan fingerprint density at radius 3 is 2.44 bits per heavy atom. The summed E-state index contributed by atoms with van der Waals surface area (Å²) in [6, 6.07) is 10.1. The van der Waals surface area contributed by atoms with Crippen LogP contribution in [0.25, 0.3) is 11.3 Å². The zero-order chi connectivity index (χ0) is 19.3. The zero-order valence-electron chi connectivity index (χ0n) is 15.4. The number of nitrogens with one attached hydrogen (secondary N) is 2. The van der Waals surface area contributed by atoms with Gasteiger partial charge in [0.25, 0.3) is 0 Å². The van der Waals surface area contributed by atoms with E-state index in [2.05, 4.69) is 20.2 Å². The van der Waals surface area contributed by atoms with Crippen LogP contribution in [0.3, 0.4) is 0 Å². The predicted octanol–water partition coefficient (Wildman–Crippen LogP) is 3.19. The first-order valence-electron chi connectivity index (χ1n) is 9.29. The number of benzene rings is 1. The van der Waals surface area contributed by atoms with Gasteiger partial charge in [0.1, 0.15) is 11.6 Å². The van der Waals surface area contributed by atoms with E-state index in [0.29, 0.717) is 23.0 Å². The first kappa shape index (κ1) is 19.7. The molecule has 0 saturated heterocycles. The van der Waals surface area contributed by atoms with Crippen molar-refractivity contribution in [2.75, 3.05) is 17.6 Å². The van der Waals surface area contributed by atoms with Crippen LogP contribution >= 0.6 is 0 Å². The third-order valence-corrected chi connectivity index (χ3v) is 6.41. The first-order valence-corrected chi connectivity index (χ1v) is 10.9. The number of sulfonamides is 1. The number of nitrogens with zero attached hydrogens (tertiary/aromatic N) is 2. The highest BCUT2D eigenvalue weighted by molar-refractivity contribution is 7.89. The van der Waals surface area contributed by atoms with E-state index in [1.807, 2.05) is 0 Å². The average Bonchev–Trinajstić information content (AvgIpc) is 2.68. The Morgan fingerprint density at radius 2 is 1.81 bits per heavy atom. The van der Waals surface area contributed by atoms with Crippen molar-refractivity contribution in [2.45, 2.75) is 38.6 Å². The maximum absolute atomic E-state index is 13.8. The lowest BCUT2D eigenvalue weighted by Gasteiger charge is -2.29. The number of hydrogen-bond acceptors (Lipinski definition) is 5. The number of anilines is 1. The Bertz CT molecular complexity index is 850. The van der Waals surface area contributed by atoms with E-state index in [0.717, 1.165) is 32.2 Å². The van der Waals surface area contributed by atoms with Crippen LogP contribution in [0.15, 0.2) is 36.4 Å². The Hall–Kier alpha value is -2.06. The van der Waals surface area contributed by atoms with Crippen LogP contribution in [0.2, 0.25) is 0 Å². The molecule has 0 amide bonds. The minimum Gasteiger partial charge on any atom is -0.368 e. The van der Waals surface area contributed by atoms with E-state index in [1.54, 1.807) is 37.3 Å². The van der Waals surface area contributed by atoms with Crippen molar-refractivity contribution in [1.29, 1.82) is 0 Å². The van der Waals surface area contributed by atoms with Crippen molar-refractivity contribution < 1.29 is 12.8 Å². The van der Waals surface area contributed by atoms with Gasteiger partial charge >= 0.3 is 0 Å². The smallest absolute Gasteiger partial charge is 0.211 e. The SMILES string of the molecule is CCS(=O)(=O)N[C@H]1CC[C@H](CNc2ccc(-c3ccccc3F)nn2)CC1. The van der Waals surface area contributed by atoms with Crippen LogP contribution in [0.4, 0.5) is 10.2 Å². The van der Waals surface area contributed by atoms with Crippen LogP contribution < -0.4 is 10.0 Å². The van der Waals surface area contributed by atoms with E-state index < -0.39 is 10.0 Å². The highest BCUT2D eigenvalue weighted by Gasteiger charge is 2.24.